The molecule has 0 aromatic heterocycles. The number of hydrogen-bond acceptors (Lipinski definition) is 8. The predicted molar refractivity (Wildman–Crippen MR) is 329 cm³/mol. The van der Waals surface area contributed by atoms with E-state index in [1.54, 1.807) is 28.4 Å². The molecule has 2 aliphatic rings. The van der Waals surface area contributed by atoms with Gasteiger partial charge in [-0.2, -0.15) is 0 Å². The molecule has 0 fully saturated rings. The largest absolute Gasteiger partial charge is 0.384 e. The van der Waals surface area contributed by atoms with Crippen LogP contribution in [0.4, 0.5) is 11.4 Å². The summed E-state index contributed by atoms with van der Waals surface area (Å²) in [6, 6.07) is 33.8. The van der Waals surface area contributed by atoms with E-state index in [-0.39, 0.29) is 65.1 Å². The van der Waals surface area contributed by atoms with Crippen molar-refractivity contribution in [1.82, 2.24) is 0 Å². The van der Waals surface area contributed by atoms with Gasteiger partial charge in [-0.15, -0.1) is 0 Å². The molecule has 4 amide bonds. The molecule has 1 atom stereocenters. The fourth-order valence-corrected chi connectivity index (χ4v) is 12.9. The van der Waals surface area contributed by atoms with Gasteiger partial charge in [0.2, 0.25) is 0 Å². The number of aryl methyl sites for hydroxylation is 2. The minimum absolute atomic E-state index is 0.00134. The van der Waals surface area contributed by atoms with Gasteiger partial charge < -0.3 is 18.9 Å². The number of amides is 4. The fourth-order valence-electron chi connectivity index (χ4n) is 12.9. The summed E-state index contributed by atoms with van der Waals surface area (Å²) in [5, 5.41) is 7.92. The summed E-state index contributed by atoms with van der Waals surface area (Å²) in [5.41, 5.74) is 13.8. The number of imide groups is 2. The molecule has 0 radical (unpaired) electrons. The first kappa shape index (κ1) is 57.2. The van der Waals surface area contributed by atoms with E-state index in [1.165, 1.54) is 32.1 Å². The Morgan fingerprint density at radius 2 is 0.630 bits per heavy atom. The maximum atomic E-state index is 14.7. The van der Waals surface area contributed by atoms with Crippen LogP contribution in [-0.4, -0.2) is 78.5 Å². The summed E-state index contributed by atoms with van der Waals surface area (Å²) < 4.78 is 22.4. The van der Waals surface area contributed by atoms with Crippen LogP contribution in [0.1, 0.15) is 201 Å². The summed E-state index contributed by atoms with van der Waals surface area (Å²) in [6.07, 6.45) is 0.801. The van der Waals surface area contributed by atoms with E-state index in [0.717, 1.165) is 82.9 Å². The standard InChI is InChI=1S/C71H78N2O8/c1-37(2)57-24-53(55(33-78-12)34-79-13)25-58(38(3)4)66(57)72-68(74)62-29-49-20-45-16-41(9)44(19-47(45)22-51(49)31-64(62)70(72)76)17-42(10)61-28-48-23-52-32-65-63(30-50(52)21-46(48)18-43(61)11)69(75)73(71(65)77)67-59(39(5)6)26-54(27-60(67)40(7)8)56(35-80-14)36-81-15/h16,18-32,37-40,42,55-56H,17,33-36H2,1-15H3. The molecule has 10 nitrogen and oxygen atoms in total. The van der Waals surface area contributed by atoms with Crippen molar-refractivity contribution in [3.05, 3.63) is 175 Å². The van der Waals surface area contributed by atoms with E-state index in [1.807, 2.05) is 24.3 Å². The number of carbonyl (C=O) groups is 4. The molecule has 10 rings (SSSR count). The third-order valence-corrected chi connectivity index (χ3v) is 17.2. The van der Waals surface area contributed by atoms with Crippen LogP contribution < -0.4 is 9.80 Å². The third kappa shape index (κ3) is 10.3. The van der Waals surface area contributed by atoms with E-state index in [9.17, 15) is 19.2 Å². The average Bonchev–Trinajstić information content (AvgIpc) is 3.10. The van der Waals surface area contributed by atoms with Gasteiger partial charge in [0, 0.05) is 40.3 Å². The Morgan fingerprint density at radius 3 is 0.938 bits per heavy atom. The summed E-state index contributed by atoms with van der Waals surface area (Å²) >= 11 is 0. The number of fused-ring (bicyclic) bond motifs is 6. The quantitative estimate of drug-likeness (QED) is 0.0581. The van der Waals surface area contributed by atoms with Crippen molar-refractivity contribution in [3.63, 3.8) is 0 Å². The summed E-state index contributed by atoms with van der Waals surface area (Å²) in [4.78, 5) is 61.5. The molecule has 8 aromatic rings. The number of methoxy groups -OCH3 is 4. The van der Waals surface area contributed by atoms with Crippen molar-refractivity contribution in [2.75, 3.05) is 64.7 Å². The second-order valence-corrected chi connectivity index (χ2v) is 24.3. The molecule has 1 unspecified atom stereocenters. The first-order valence-corrected chi connectivity index (χ1v) is 28.8. The van der Waals surface area contributed by atoms with Crippen LogP contribution in [0.25, 0.3) is 43.1 Å². The SMILES string of the molecule is COCC(COC)c1cc(C(C)C)c(N2C(=O)c3cc4cc5cc(C)c(CC(C)c6cc7cc8cc9c(cc8cc7cc6C)C(=O)N(c6c(C(C)C)cc(C(COC)COC)cc6C(C)C)C9=O)cc5cc4cc3C2=O)c(C(C)C)c1. The summed E-state index contributed by atoms with van der Waals surface area (Å²) in [7, 11) is 6.76. The van der Waals surface area contributed by atoms with E-state index >= 15 is 0 Å². The molecule has 8 aromatic carbocycles. The second-order valence-electron chi connectivity index (χ2n) is 24.3. The van der Waals surface area contributed by atoms with Gasteiger partial charge in [0.1, 0.15) is 0 Å². The van der Waals surface area contributed by atoms with Crippen molar-refractivity contribution in [2.24, 2.45) is 0 Å². The highest BCUT2D eigenvalue weighted by atomic mass is 16.5. The Labute approximate surface area is 477 Å². The molecule has 0 spiro atoms. The monoisotopic (exact) mass is 1090 g/mol. The zero-order valence-electron chi connectivity index (χ0n) is 50.0. The van der Waals surface area contributed by atoms with Gasteiger partial charge in [0.15, 0.2) is 0 Å². The Hall–Kier alpha value is -7.08. The Kier molecular flexibility index (Phi) is 16.0. The lowest BCUT2D eigenvalue weighted by atomic mass is 9.86. The Morgan fingerprint density at radius 1 is 0.346 bits per heavy atom. The lowest BCUT2D eigenvalue weighted by molar-refractivity contribution is 0.0909. The average molecular weight is 1090 g/mol. The van der Waals surface area contributed by atoms with Gasteiger partial charge in [0.05, 0.1) is 60.1 Å². The molecule has 10 heteroatoms. The Balaban J connectivity index is 0.949. The normalized spacial score (nSPS) is 14.2. The fraction of sp³-hybridized carbons (Fsp3) is 0.380. The van der Waals surface area contributed by atoms with Gasteiger partial charge >= 0.3 is 0 Å². The van der Waals surface area contributed by atoms with Crippen LogP contribution >= 0.6 is 0 Å². The highest BCUT2D eigenvalue weighted by Crippen LogP contribution is 2.45. The van der Waals surface area contributed by atoms with Gasteiger partial charge in [-0.05, 0) is 197 Å². The molecule has 0 bridgehead atoms. The molecular formula is C71H78N2O8. The van der Waals surface area contributed by atoms with Crippen molar-refractivity contribution in [3.8, 4) is 0 Å². The molecule has 0 aliphatic carbocycles. The number of benzene rings is 8. The highest BCUT2D eigenvalue weighted by Gasteiger charge is 2.42. The van der Waals surface area contributed by atoms with Crippen LogP contribution in [0.2, 0.25) is 0 Å². The first-order chi connectivity index (χ1) is 38.7. The zero-order valence-corrected chi connectivity index (χ0v) is 50.0. The van der Waals surface area contributed by atoms with Gasteiger partial charge in [-0.3, -0.25) is 19.2 Å². The van der Waals surface area contributed by atoms with Crippen molar-refractivity contribution in [2.45, 2.75) is 124 Å². The summed E-state index contributed by atoms with van der Waals surface area (Å²) in [6.45, 7) is 25.4. The zero-order chi connectivity index (χ0) is 58.0. The molecule has 2 heterocycles. The van der Waals surface area contributed by atoms with E-state index in [4.69, 9.17) is 18.9 Å². The van der Waals surface area contributed by atoms with Gasteiger partial charge in [-0.25, -0.2) is 9.80 Å². The molecule has 0 saturated carbocycles. The molecule has 81 heavy (non-hydrogen) atoms. The smallest absolute Gasteiger partial charge is 0.266 e. The van der Waals surface area contributed by atoms with Crippen LogP contribution in [0.3, 0.4) is 0 Å². The number of ether oxygens (including phenoxy) is 4. The summed E-state index contributed by atoms with van der Waals surface area (Å²) in [5.74, 6) is -0.900. The Bertz CT molecular complexity index is 3800. The lowest BCUT2D eigenvalue weighted by Crippen LogP contribution is -2.32. The van der Waals surface area contributed by atoms with E-state index in [0.29, 0.717) is 60.1 Å². The second kappa shape index (κ2) is 22.7. The van der Waals surface area contributed by atoms with Crippen molar-refractivity contribution in [1.29, 1.82) is 0 Å². The lowest BCUT2D eigenvalue weighted by Gasteiger charge is -2.28. The maximum Gasteiger partial charge on any atom is 0.266 e. The van der Waals surface area contributed by atoms with Crippen LogP contribution in [0, 0.1) is 13.8 Å². The predicted octanol–water partition coefficient (Wildman–Crippen LogP) is 16.1. The van der Waals surface area contributed by atoms with Crippen LogP contribution in [0.5, 0.6) is 0 Å². The third-order valence-electron chi connectivity index (χ3n) is 17.2. The van der Waals surface area contributed by atoms with E-state index in [2.05, 4.69) is 149 Å². The number of carbonyl (C=O) groups excluding carboxylic acids is 4. The molecule has 0 N–H and O–H groups in total. The number of nitrogens with zero attached hydrogens (tertiary/aromatic N) is 2. The molecule has 0 saturated heterocycles. The number of anilines is 2. The van der Waals surface area contributed by atoms with Crippen molar-refractivity contribution >= 4 is 78.1 Å². The van der Waals surface area contributed by atoms with Crippen LogP contribution in [0.15, 0.2) is 97.1 Å². The molecule has 2 aliphatic heterocycles. The highest BCUT2D eigenvalue weighted by molar-refractivity contribution is 6.37. The maximum absolute atomic E-state index is 14.7. The number of hydrogen-bond donors (Lipinski definition) is 0. The topological polar surface area (TPSA) is 112 Å². The van der Waals surface area contributed by atoms with E-state index < -0.39 is 0 Å². The first-order valence-electron chi connectivity index (χ1n) is 28.8. The van der Waals surface area contributed by atoms with Gasteiger partial charge in [0.25, 0.3) is 23.6 Å². The minimum atomic E-state index is -0.302. The minimum Gasteiger partial charge on any atom is -0.384 e. The van der Waals surface area contributed by atoms with Gasteiger partial charge in [-0.1, -0.05) is 111 Å². The van der Waals surface area contributed by atoms with Crippen molar-refractivity contribution < 1.29 is 38.1 Å². The number of rotatable bonds is 19. The van der Waals surface area contributed by atoms with Crippen LogP contribution in [-0.2, 0) is 25.4 Å². The molecular weight excluding hydrogens is 1010 g/mol. The molecule has 420 valence electrons.